The number of aliphatic hydroxyl groups is 9. The number of esters is 1. The zero-order valence-electron chi connectivity index (χ0n) is 60.0. The minimum Gasteiger partial charge on any atom is -0.457 e. The lowest BCUT2D eigenvalue weighted by Crippen LogP contribution is -2.60. The van der Waals surface area contributed by atoms with Crippen LogP contribution in [0.4, 0.5) is 19.2 Å². The van der Waals surface area contributed by atoms with Crippen molar-refractivity contribution < 1.29 is 155 Å². The third kappa shape index (κ3) is 23.0. The summed E-state index contributed by atoms with van der Waals surface area (Å²) in [5, 5.41) is 106. The van der Waals surface area contributed by atoms with E-state index in [2.05, 4.69) is 26.6 Å². The molecular weight excluding hydrogens is 1470 g/mol. The molecule has 3 saturated heterocycles. The first-order valence-electron chi connectivity index (χ1n) is 35.4. The largest absolute Gasteiger partial charge is 0.457 e. The van der Waals surface area contributed by atoms with Crippen LogP contribution in [0.25, 0.3) is 22.3 Å². The van der Waals surface area contributed by atoms with Gasteiger partial charge in [0.15, 0.2) is 37.2 Å². The van der Waals surface area contributed by atoms with Crippen LogP contribution in [-0.4, -0.2) is 313 Å². The predicted octanol–water partition coefficient (Wildman–Crippen LogP) is -6.44. The molecule has 110 heavy (non-hydrogen) atoms. The van der Waals surface area contributed by atoms with Gasteiger partial charge in [0.1, 0.15) is 61.5 Å². The van der Waals surface area contributed by atoms with Gasteiger partial charge in [-0.3, -0.25) is 24.0 Å². The van der Waals surface area contributed by atoms with E-state index in [0.29, 0.717) is 16.9 Å². The summed E-state index contributed by atoms with van der Waals surface area (Å²) in [7, 11) is 0. The van der Waals surface area contributed by atoms with Gasteiger partial charge in [0.25, 0.3) is 5.56 Å². The molecular formula is C67H96N10O33. The second kappa shape index (κ2) is 41.5. The van der Waals surface area contributed by atoms with E-state index >= 15 is 0 Å². The Labute approximate surface area is 626 Å². The van der Waals surface area contributed by atoms with Crippen molar-refractivity contribution in [3.05, 3.63) is 63.4 Å². The second-order valence-electron chi connectivity index (χ2n) is 26.0. The van der Waals surface area contributed by atoms with E-state index in [1.165, 1.54) is 4.57 Å². The molecule has 5 aliphatic heterocycles. The minimum atomic E-state index is -2.14. The fourth-order valence-electron chi connectivity index (χ4n) is 13.0. The van der Waals surface area contributed by atoms with E-state index in [1.807, 2.05) is 30.3 Å². The summed E-state index contributed by atoms with van der Waals surface area (Å²) >= 11 is 0. The molecule has 3 fully saturated rings. The Bertz CT molecular complexity index is 3500. The summed E-state index contributed by atoms with van der Waals surface area (Å²) in [4.78, 5) is 137. The van der Waals surface area contributed by atoms with Crippen molar-refractivity contribution in [1.82, 2.24) is 36.1 Å². The van der Waals surface area contributed by atoms with E-state index in [4.69, 9.17) is 88.5 Å². The number of alkyl carbamates (subject to hydrolysis) is 1. The average molecular weight is 1570 g/mol. The molecule has 0 spiro atoms. The first kappa shape index (κ1) is 86.9. The number of hydrogen-bond donors (Lipinski definition) is 17. The van der Waals surface area contributed by atoms with Crippen molar-refractivity contribution in [1.29, 1.82) is 0 Å². The van der Waals surface area contributed by atoms with Crippen LogP contribution in [0.1, 0.15) is 75.0 Å². The molecule has 8 amide bonds. The van der Waals surface area contributed by atoms with Gasteiger partial charge in [-0.05, 0) is 43.9 Å². The number of cyclic esters (lactones) is 1. The quantitative estimate of drug-likeness (QED) is 0.0111. The van der Waals surface area contributed by atoms with Gasteiger partial charge >= 0.3 is 30.3 Å². The minimum absolute atomic E-state index is 0.0745. The highest BCUT2D eigenvalue weighted by Gasteiger charge is 2.53. The Balaban J connectivity index is 0.919. The topological polar surface area (TPSA) is 638 Å². The molecule has 43 nitrogen and oxygen atoms in total. The van der Waals surface area contributed by atoms with Crippen molar-refractivity contribution in [2.24, 2.45) is 17.2 Å². The molecule has 20 N–H and O–H groups in total. The molecule has 0 radical (unpaired) electrons. The van der Waals surface area contributed by atoms with Gasteiger partial charge in [-0.15, -0.1) is 0 Å². The summed E-state index contributed by atoms with van der Waals surface area (Å²) in [5.74, 6) is -3.54. The lowest BCUT2D eigenvalue weighted by Gasteiger charge is -2.40. The first-order valence-corrected chi connectivity index (χ1v) is 35.4. The highest BCUT2D eigenvalue weighted by atomic mass is 16.7. The highest BCUT2D eigenvalue weighted by Crippen LogP contribution is 2.41. The number of carbonyl (C=O) groups is 9. The number of amides is 8. The van der Waals surface area contributed by atoms with Gasteiger partial charge in [0.2, 0.25) is 29.2 Å². The normalized spacial score (nSPS) is 26.2. The molecule has 3 aromatic rings. The Kier molecular flexibility index (Phi) is 32.8. The lowest BCUT2D eigenvalue weighted by molar-refractivity contribution is -0.301. The average Bonchev–Trinajstić information content (AvgIpc) is 1.51. The van der Waals surface area contributed by atoms with E-state index < -0.39 is 202 Å². The van der Waals surface area contributed by atoms with Crippen LogP contribution in [-0.2, 0) is 109 Å². The lowest BCUT2D eigenvalue weighted by atomic mass is 9.83. The van der Waals surface area contributed by atoms with E-state index in [1.54, 1.807) is 13.0 Å². The number of nitrogens with two attached hydrogens (primary N) is 3. The monoisotopic (exact) mass is 1570 g/mol. The number of hydrogen-bond acceptors (Lipinski definition) is 34. The summed E-state index contributed by atoms with van der Waals surface area (Å²) in [5.41, 5.74) is 13.5. The number of nitrogens with one attached hydrogen (secondary N) is 5. The molecule has 5 aliphatic rings. The number of para-hydroxylation sites is 1. The first-order chi connectivity index (χ1) is 52.7. The molecule has 7 heterocycles. The third-order valence-electron chi connectivity index (χ3n) is 18.6. The van der Waals surface area contributed by atoms with Crippen LogP contribution in [0.3, 0.4) is 0 Å². The maximum absolute atomic E-state index is 14.4. The Hall–Kier alpha value is -8.71. The maximum Gasteiger partial charge on any atom is 0.408 e. The number of aliphatic hydroxyl groups excluding tert-OH is 9. The van der Waals surface area contributed by atoms with Crippen molar-refractivity contribution in [3.8, 4) is 11.4 Å². The molecule has 612 valence electrons. The molecule has 16 atom stereocenters. The third-order valence-corrected chi connectivity index (χ3v) is 18.6. The number of fused-ring (bicyclic) bond motifs is 5. The van der Waals surface area contributed by atoms with Crippen LogP contribution in [0, 0.1) is 0 Å². The van der Waals surface area contributed by atoms with Gasteiger partial charge < -0.3 is 161 Å². The maximum atomic E-state index is 14.4. The van der Waals surface area contributed by atoms with Crippen LogP contribution < -0.4 is 49.3 Å². The Morgan fingerprint density at radius 2 is 1.00 bits per heavy atom. The Morgan fingerprint density at radius 3 is 1.42 bits per heavy atom. The zero-order valence-corrected chi connectivity index (χ0v) is 60.0. The van der Waals surface area contributed by atoms with Gasteiger partial charge in [0, 0.05) is 73.9 Å². The van der Waals surface area contributed by atoms with Gasteiger partial charge in [-0.2, -0.15) is 0 Å². The van der Waals surface area contributed by atoms with Gasteiger partial charge in [-0.1, -0.05) is 25.1 Å². The summed E-state index contributed by atoms with van der Waals surface area (Å²) in [6.45, 7) is -3.30. The molecule has 43 heteroatoms. The number of nitrogens with zero attached hydrogens (tertiary/aromatic N) is 2. The molecule has 0 unspecified atom stereocenters. The number of rotatable bonds is 42. The molecule has 0 bridgehead atoms. The number of carbonyl (C=O) groups excluding carboxylic acids is 9. The fourth-order valence-corrected chi connectivity index (χ4v) is 13.0. The van der Waals surface area contributed by atoms with Crippen molar-refractivity contribution in [2.75, 3.05) is 105 Å². The number of ether oxygens (including phenoxy) is 14. The molecule has 1 aromatic carbocycles. The van der Waals surface area contributed by atoms with Crippen molar-refractivity contribution in [2.45, 2.75) is 175 Å². The van der Waals surface area contributed by atoms with Gasteiger partial charge in [0.05, 0.1) is 108 Å². The Morgan fingerprint density at radius 1 is 0.564 bits per heavy atom. The number of primary amides is 3. The zero-order chi connectivity index (χ0) is 79.8. The number of benzene rings is 1. The molecule has 0 saturated carbocycles. The van der Waals surface area contributed by atoms with Crippen molar-refractivity contribution in [3.63, 3.8) is 0 Å². The fraction of sp³-hybridized carbons (Fsp3) is 0.657. The highest BCUT2D eigenvalue weighted by molar-refractivity contribution is 5.89. The molecule has 2 aromatic heterocycles. The SMILES string of the molecule is CC[C@@]1(OC(=O)NCCC(=O)NC(CCC(=O)NCCOCCO[C@H]2O[C@H](CO)[C@@H](O)[C@H](OC(N)=O)[C@@H]2O)(CCC(=O)NCCOCCO[C@H]2O[C@H](CO)[C@@H](O)[C@H](OC(N)=O)[C@@H]2O)CCC(=O)NCCOCCO[C@H]2O[C@H](CO)[C@@H](O)[C@H](OC(N)=O)[C@@H]2O)C(=O)OCc2c1cc1n(c2=O)Cc2cc3ccccc3nc2-1. The molecule has 8 rings (SSSR count). The van der Waals surface area contributed by atoms with E-state index in [-0.39, 0.29) is 142 Å². The second-order valence-corrected chi connectivity index (χ2v) is 26.0. The smallest absolute Gasteiger partial charge is 0.408 e. The van der Waals surface area contributed by atoms with Crippen LogP contribution in [0.5, 0.6) is 0 Å². The summed E-state index contributed by atoms with van der Waals surface area (Å²) in [6.07, 6.45) is -31.1. The standard InChI is InChI=1S/C67H96N10O33/c1-2-67(37-28-39-47-35(27-34-5-3-4-6-38(34)75-47)29-77(39)57(91)36(37)33-103-61(67)92)110-65(96)74-14-10-46(84)76-66(11-7-43(81)71-15-18-97-21-24-100-58-51(88)54(107-62(68)93)48(85)40(30-78)104-58,12-8-44(82)72-16-19-98-22-25-101-59-52(89)55(108-63(69)94)49(86)41(31-79)105-59)13-9-45(83)73-17-20-99-23-26-102-60-53(90)56(109-64(70)95)50(87)42(32-80)106-60/h3-6,27-28,40-42,48-56,58-60,78-80,85-90H,2,7-26,29-33H2,1H3,(H2,68,93)(H2,69,94)(H2,70,95)(H,71,81)(H,72,82)(H,73,83)(H,74,96)(H,76,84)/t40-,41-,42-,48-,49-,50-,51+,52+,53+,54+,55+,56+,58+,59+,60+,67+/m1/s1. The molecule has 0 aliphatic carbocycles. The summed E-state index contributed by atoms with van der Waals surface area (Å²) in [6, 6.07) is 10.9. The van der Waals surface area contributed by atoms with Crippen LogP contribution >= 0.6 is 0 Å². The van der Waals surface area contributed by atoms with E-state index in [0.717, 1.165) is 10.9 Å². The van der Waals surface area contributed by atoms with Crippen LogP contribution in [0.2, 0.25) is 0 Å². The van der Waals surface area contributed by atoms with Crippen molar-refractivity contribution >= 4 is 64.9 Å². The summed E-state index contributed by atoms with van der Waals surface area (Å²) < 4.78 is 76.8. The predicted molar refractivity (Wildman–Crippen MR) is 366 cm³/mol. The van der Waals surface area contributed by atoms with Crippen LogP contribution in [0.15, 0.2) is 41.2 Å². The number of pyridine rings is 2. The van der Waals surface area contributed by atoms with E-state index in [9.17, 15) is 93.9 Å². The van der Waals surface area contributed by atoms with Gasteiger partial charge in [-0.25, -0.2) is 29.0 Å². The number of aromatic nitrogens is 2.